The normalized spacial score (nSPS) is 14.0. The summed E-state index contributed by atoms with van der Waals surface area (Å²) in [4.78, 5) is 15.8. The van der Waals surface area contributed by atoms with Crippen LogP contribution in [-0.2, 0) is 16.4 Å². The van der Waals surface area contributed by atoms with Crippen LogP contribution in [0.5, 0.6) is 0 Å². The number of sulfonamides is 1. The Morgan fingerprint density at radius 1 is 1.15 bits per heavy atom. The van der Waals surface area contributed by atoms with Crippen molar-refractivity contribution in [2.45, 2.75) is 38.0 Å². The van der Waals surface area contributed by atoms with E-state index in [0.717, 1.165) is 60.4 Å². The Bertz CT molecular complexity index is 1300. The summed E-state index contributed by atoms with van der Waals surface area (Å²) in [5.41, 5.74) is 4.16. The summed E-state index contributed by atoms with van der Waals surface area (Å²) in [7, 11) is -3.96. The molecule has 1 aliphatic rings. The highest BCUT2D eigenvalue weighted by molar-refractivity contribution is 7.92. The first kappa shape index (κ1) is 23.7. The highest BCUT2D eigenvalue weighted by Crippen LogP contribution is 2.36. The van der Waals surface area contributed by atoms with Crippen LogP contribution in [0.4, 0.5) is 15.8 Å². The topological polar surface area (TPSA) is 66.5 Å². The average Bonchev–Trinajstić information content (AvgIpc) is 3.43. The Morgan fingerprint density at radius 3 is 2.48 bits per heavy atom. The third kappa shape index (κ3) is 4.93. The van der Waals surface area contributed by atoms with Crippen LogP contribution in [0.25, 0.3) is 0 Å². The van der Waals surface area contributed by atoms with E-state index in [0.29, 0.717) is 9.90 Å². The highest BCUT2D eigenvalue weighted by atomic mass is 35.5. The number of thiophene rings is 1. The van der Waals surface area contributed by atoms with Gasteiger partial charge in [-0.1, -0.05) is 11.6 Å². The number of anilines is 2. The van der Waals surface area contributed by atoms with Gasteiger partial charge in [-0.2, -0.15) is 0 Å². The smallest absolute Gasteiger partial charge is 0.261 e. The van der Waals surface area contributed by atoms with Gasteiger partial charge in [0.25, 0.3) is 10.0 Å². The van der Waals surface area contributed by atoms with Crippen molar-refractivity contribution in [2.75, 3.05) is 22.7 Å². The van der Waals surface area contributed by atoms with Crippen molar-refractivity contribution in [3.05, 3.63) is 74.2 Å². The molecule has 1 aromatic heterocycles. The van der Waals surface area contributed by atoms with Crippen molar-refractivity contribution in [1.29, 1.82) is 0 Å². The molecule has 1 saturated heterocycles. The number of hydrogen-bond acceptors (Lipinski definition) is 5. The predicted octanol–water partition coefficient (Wildman–Crippen LogP) is 5.98. The Balaban J connectivity index is 1.60. The fraction of sp³-hybridized carbons (Fsp3) is 0.292. The monoisotopic (exact) mass is 506 g/mol. The predicted molar refractivity (Wildman–Crippen MR) is 132 cm³/mol. The molecular weight excluding hydrogens is 483 g/mol. The quantitative estimate of drug-likeness (QED) is 0.400. The fourth-order valence-electron chi connectivity index (χ4n) is 4.27. The Hall–Kier alpha value is -2.42. The largest absolute Gasteiger partial charge is 0.371 e. The number of ketones is 1. The van der Waals surface area contributed by atoms with E-state index in [1.54, 1.807) is 11.4 Å². The van der Waals surface area contributed by atoms with Gasteiger partial charge in [-0.3, -0.25) is 9.52 Å². The number of nitrogens with zero attached hydrogens (tertiary/aromatic N) is 1. The van der Waals surface area contributed by atoms with Crippen molar-refractivity contribution in [3.8, 4) is 0 Å². The molecule has 1 fully saturated rings. The lowest BCUT2D eigenvalue weighted by molar-refractivity contribution is 0.0997. The van der Waals surface area contributed by atoms with Gasteiger partial charge in [-0.05, 0) is 85.2 Å². The fourth-order valence-corrected chi connectivity index (χ4v) is 6.57. The summed E-state index contributed by atoms with van der Waals surface area (Å²) >= 11 is 7.72. The molecule has 0 atom stereocenters. The molecule has 1 aliphatic heterocycles. The van der Waals surface area contributed by atoms with Crippen molar-refractivity contribution in [2.24, 2.45) is 0 Å². The van der Waals surface area contributed by atoms with Gasteiger partial charge in [-0.15, -0.1) is 11.3 Å². The minimum atomic E-state index is -3.96. The average molecular weight is 507 g/mol. The SMILES string of the molecule is Cc1cc(Cl)c(CC(=O)c2sccc2NS(=O)(=O)c2ccc(F)cc2)c(C)c1N1CCCC1. The van der Waals surface area contributed by atoms with Crippen LogP contribution in [0.2, 0.25) is 5.02 Å². The maximum Gasteiger partial charge on any atom is 0.261 e. The van der Waals surface area contributed by atoms with E-state index in [2.05, 4.69) is 9.62 Å². The van der Waals surface area contributed by atoms with Gasteiger partial charge in [0.05, 0.1) is 15.5 Å². The zero-order chi connectivity index (χ0) is 23.8. The van der Waals surface area contributed by atoms with Crippen LogP contribution in [-0.4, -0.2) is 27.3 Å². The van der Waals surface area contributed by atoms with Gasteiger partial charge in [-0.25, -0.2) is 12.8 Å². The first-order valence-corrected chi connectivity index (χ1v) is 13.3. The minimum Gasteiger partial charge on any atom is -0.371 e. The molecule has 2 heterocycles. The number of Topliss-reactive ketones (excluding diaryl/α,β-unsaturated/α-hetero) is 1. The minimum absolute atomic E-state index is 0.0670. The lowest BCUT2D eigenvalue weighted by Gasteiger charge is -2.25. The molecule has 0 amide bonds. The molecule has 5 nitrogen and oxygen atoms in total. The highest BCUT2D eigenvalue weighted by Gasteiger charge is 2.24. The number of hydrogen-bond donors (Lipinski definition) is 1. The summed E-state index contributed by atoms with van der Waals surface area (Å²) in [6.45, 7) is 5.98. The van der Waals surface area contributed by atoms with E-state index in [-0.39, 0.29) is 22.8 Å². The number of carbonyl (C=O) groups is 1. The van der Waals surface area contributed by atoms with Crippen molar-refractivity contribution < 1.29 is 17.6 Å². The number of aryl methyl sites for hydroxylation is 1. The summed E-state index contributed by atoms with van der Waals surface area (Å²) in [5, 5.41) is 2.20. The number of carbonyl (C=O) groups excluding carboxylic acids is 1. The zero-order valence-corrected chi connectivity index (χ0v) is 20.7. The molecule has 0 saturated carbocycles. The standard InChI is InChI=1S/C24H24ClFN2O3S2/c1-15-13-20(25)19(16(2)23(15)28-10-3-4-11-28)14-22(29)24-21(9-12-32-24)27-33(30,31)18-7-5-17(26)6-8-18/h5-9,12-13,27H,3-4,10-11,14H2,1-2H3. The number of benzene rings is 2. The van der Waals surface area contributed by atoms with E-state index < -0.39 is 15.8 Å². The van der Waals surface area contributed by atoms with Gasteiger partial charge in [0.15, 0.2) is 5.78 Å². The van der Waals surface area contributed by atoms with Crippen molar-refractivity contribution in [3.63, 3.8) is 0 Å². The third-order valence-corrected chi connectivity index (χ3v) is 8.53. The van der Waals surface area contributed by atoms with Crippen LogP contribution in [0.1, 0.15) is 39.2 Å². The molecule has 0 aliphatic carbocycles. The number of halogens is 2. The molecule has 1 N–H and O–H groups in total. The van der Waals surface area contributed by atoms with E-state index in [4.69, 9.17) is 11.6 Å². The number of nitrogens with one attached hydrogen (secondary N) is 1. The van der Waals surface area contributed by atoms with Crippen LogP contribution >= 0.6 is 22.9 Å². The van der Waals surface area contributed by atoms with E-state index in [1.807, 2.05) is 19.9 Å². The first-order valence-electron chi connectivity index (χ1n) is 10.6. The second kappa shape index (κ2) is 9.44. The first-order chi connectivity index (χ1) is 15.7. The molecule has 9 heteroatoms. The van der Waals surface area contributed by atoms with Crippen LogP contribution in [0.3, 0.4) is 0 Å². The van der Waals surface area contributed by atoms with Crippen LogP contribution in [0, 0.1) is 19.7 Å². The number of rotatable bonds is 7. The van der Waals surface area contributed by atoms with Crippen molar-refractivity contribution in [1.82, 2.24) is 0 Å². The summed E-state index contributed by atoms with van der Waals surface area (Å²) in [6, 6.07) is 7.97. The molecule has 0 unspecified atom stereocenters. The molecule has 4 rings (SSSR count). The molecule has 3 aromatic rings. The van der Waals surface area contributed by atoms with E-state index in [1.165, 1.54) is 23.5 Å². The van der Waals surface area contributed by atoms with Crippen LogP contribution < -0.4 is 9.62 Å². The molecule has 0 spiro atoms. The Kier molecular flexibility index (Phi) is 6.79. The van der Waals surface area contributed by atoms with Gasteiger partial charge >= 0.3 is 0 Å². The second-order valence-electron chi connectivity index (χ2n) is 8.14. The summed E-state index contributed by atoms with van der Waals surface area (Å²) < 4.78 is 41.1. The van der Waals surface area contributed by atoms with Gasteiger partial charge in [0.2, 0.25) is 0 Å². The van der Waals surface area contributed by atoms with Gasteiger partial charge in [0.1, 0.15) is 5.82 Å². The molecule has 0 radical (unpaired) electrons. The van der Waals surface area contributed by atoms with Gasteiger partial charge in [0, 0.05) is 30.2 Å². The van der Waals surface area contributed by atoms with Gasteiger partial charge < -0.3 is 4.90 Å². The lowest BCUT2D eigenvalue weighted by Crippen LogP contribution is -2.21. The molecule has 2 aromatic carbocycles. The summed E-state index contributed by atoms with van der Waals surface area (Å²) in [6.07, 6.45) is 2.35. The van der Waals surface area contributed by atoms with Crippen LogP contribution in [0.15, 0.2) is 46.7 Å². The zero-order valence-electron chi connectivity index (χ0n) is 18.3. The molecular formula is C24H24ClFN2O3S2. The Labute approximate surface area is 202 Å². The molecule has 0 bridgehead atoms. The van der Waals surface area contributed by atoms with E-state index in [9.17, 15) is 17.6 Å². The second-order valence-corrected chi connectivity index (χ2v) is 11.2. The lowest BCUT2D eigenvalue weighted by atomic mass is 9.97. The molecule has 33 heavy (non-hydrogen) atoms. The molecule has 174 valence electrons. The maximum atomic E-state index is 13.2. The maximum absolute atomic E-state index is 13.2. The van der Waals surface area contributed by atoms with Crippen molar-refractivity contribution >= 4 is 50.1 Å². The third-order valence-electron chi connectivity index (χ3n) is 5.86. The Morgan fingerprint density at radius 2 is 1.82 bits per heavy atom. The summed E-state index contributed by atoms with van der Waals surface area (Å²) in [5.74, 6) is -0.748. The van der Waals surface area contributed by atoms with E-state index >= 15 is 0 Å².